The fourth-order valence-electron chi connectivity index (χ4n) is 1.67. The number of aromatic carboxylic acids is 1. The summed E-state index contributed by atoms with van der Waals surface area (Å²) >= 11 is 0. The summed E-state index contributed by atoms with van der Waals surface area (Å²) in [5, 5.41) is 9.13. The number of hydrogen-bond acceptors (Lipinski definition) is 4. The van der Waals surface area contributed by atoms with Gasteiger partial charge < -0.3 is 15.3 Å². The maximum atomic E-state index is 11.9. The van der Waals surface area contributed by atoms with Crippen LogP contribution in [-0.2, 0) is 0 Å². The van der Waals surface area contributed by atoms with Crippen LogP contribution in [0.3, 0.4) is 0 Å². The smallest absolute Gasteiger partial charge is 0.345 e. The summed E-state index contributed by atoms with van der Waals surface area (Å²) in [5.41, 5.74) is 6.45. The molecule has 88 valence electrons. The zero-order chi connectivity index (χ0) is 12.7. The molecule has 1 aromatic heterocycles. The number of benzene rings is 1. The Kier molecular flexibility index (Phi) is 2.38. The molecule has 0 aliphatic carbocycles. The van der Waals surface area contributed by atoms with E-state index in [9.17, 15) is 9.59 Å². The number of carboxylic acid groups (broad SMARTS) is 1. The standard InChI is InChI=1S/C12H11NO4/c1-5-3-7-8(4-6(5)2)17-11(13)9(10(7)14)12(15)16/h3-4H,13H2,1-2H3,(H,15,16). The molecule has 5 nitrogen and oxygen atoms in total. The van der Waals surface area contributed by atoms with E-state index in [0.29, 0.717) is 5.58 Å². The third kappa shape index (κ3) is 1.65. The zero-order valence-electron chi connectivity index (χ0n) is 9.40. The van der Waals surface area contributed by atoms with Crippen molar-refractivity contribution in [1.29, 1.82) is 0 Å². The number of hydrogen-bond donors (Lipinski definition) is 2. The SMILES string of the molecule is Cc1cc2oc(N)c(C(=O)O)c(=O)c2cc1C. The molecule has 1 aromatic carbocycles. The Hall–Kier alpha value is -2.30. The van der Waals surface area contributed by atoms with E-state index in [0.717, 1.165) is 11.1 Å². The summed E-state index contributed by atoms with van der Waals surface area (Å²) in [5.74, 6) is -1.74. The Labute approximate surface area is 96.5 Å². The van der Waals surface area contributed by atoms with Gasteiger partial charge in [0, 0.05) is 0 Å². The Balaban J connectivity index is 2.98. The number of rotatable bonds is 1. The molecule has 3 N–H and O–H groups in total. The van der Waals surface area contributed by atoms with E-state index in [4.69, 9.17) is 15.3 Å². The largest absolute Gasteiger partial charge is 0.477 e. The summed E-state index contributed by atoms with van der Waals surface area (Å²) < 4.78 is 5.17. The van der Waals surface area contributed by atoms with Crippen LogP contribution in [-0.4, -0.2) is 11.1 Å². The van der Waals surface area contributed by atoms with Crippen LogP contribution in [0.4, 0.5) is 5.88 Å². The van der Waals surface area contributed by atoms with Gasteiger partial charge in [0.25, 0.3) is 0 Å². The van der Waals surface area contributed by atoms with E-state index in [1.807, 2.05) is 13.8 Å². The van der Waals surface area contributed by atoms with E-state index < -0.39 is 17.0 Å². The van der Waals surface area contributed by atoms with Gasteiger partial charge in [-0.2, -0.15) is 0 Å². The van der Waals surface area contributed by atoms with Gasteiger partial charge in [0.1, 0.15) is 5.58 Å². The average Bonchev–Trinajstić information content (AvgIpc) is 2.21. The lowest BCUT2D eigenvalue weighted by molar-refractivity contribution is 0.0695. The first-order chi connectivity index (χ1) is 7.91. The predicted octanol–water partition coefficient (Wildman–Crippen LogP) is 1.69. The van der Waals surface area contributed by atoms with Crippen molar-refractivity contribution >= 4 is 22.8 Å². The van der Waals surface area contributed by atoms with Crippen molar-refractivity contribution in [2.45, 2.75) is 13.8 Å². The minimum atomic E-state index is -1.38. The molecule has 1 heterocycles. The zero-order valence-corrected chi connectivity index (χ0v) is 9.40. The van der Waals surface area contributed by atoms with Gasteiger partial charge in [-0.25, -0.2) is 4.79 Å². The van der Waals surface area contributed by atoms with Crippen LogP contribution in [0.2, 0.25) is 0 Å². The van der Waals surface area contributed by atoms with Crippen molar-refractivity contribution in [2.75, 3.05) is 5.73 Å². The lowest BCUT2D eigenvalue weighted by atomic mass is 10.1. The first-order valence-corrected chi connectivity index (χ1v) is 4.98. The second-order valence-electron chi connectivity index (χ2n) is 3.91. The summed E-state index contributed by atoms with van der Waals surface area (Å²) in [6.45, 7) is 3.71. The summed E-state index contributed by atoms with van der Waals surface area (Å²) in [6, 6.07) is 3.29. The molecule has 0 amide bonds. The van der Waals surface area contributed by atoms with Gasteiger partial charge in [-0.15, -0.1) is 0 Å². The van der Waals surface area contributed by atoms with Crippen LogP contribution in [0.15, 0.2) is 21.3 Å². The monoisotopic (exact) mass is 233 g/mol. The number of carbonyl (C=O) groups is 1. The second-order valence-corrected chi connectivity index (χ2v) is 3.91. The summed E-state index contributed by atoms with van der Waals surface area (Å²) in [4.78, 5) is 22.8. The molecule has 5 heteroatoms. The Morgan fingerprint density at radius 2 is 1.88 bits per heavy atom. The van der Waals surface area contributed by atoms with E-state index in [-0.39, 0.29) is 11.3 Å². The molecule has 2 rings (SSSR count). The van der Waals surface area contributed by atoms with E-state index >= 15 is 0 Å². The fraction of sp³-hybridized carbons (Fsp3) is 0.167. The Morgan fingerprint density at radius 3 is 2.47 bits per heavy atom. The lowest BCUT2D eigenvalue weighted by Gasteiger charge is -2.05. The van der Waals surface area contributed by atoms with E-state index in [1.54, 1.807) is 12.1 Å². The third-order valence-corrected chi connectivity index (χ3v) is 2.75. The third-order valence-electron chi connectivity index (χ3n) is 2.75. The number of nitrogens with two attached hydrogens (primary N) is 1. The van der Waals surface area contributed by atoms with Crippen molar-refractivity contribution in [3.63, 3.8) is 0 Å². The van der Waals surface area contributed by atoms with Gasteiger partial charge in [0.2, 0.25) is 11.3 Å². The molecular weight excluding hydrogens is 222 g/mol. The van der Waals surface area contributed by atoms with E-state index in [1.165, 1.54) is 0 Å². The van der Waals surface area contributed by atoms with Gasteiger partial charge in [-0.05, 0) is 37.1 Å². The quantitative estimate of drug-likeness (QED) is 0.781. The molecule has 0 radical (unpaired) electrons. The molecular formula is C12H11NO4. The summed E-state index contributed by atoms with van der Waals surface area (Å²) in [6.07, 6.45) is 0. The molecule has 0 saturated heterocycles. The number of aryl methyl sites for hydroxylation is 2. The minimum Gasteiger partial charge on any atom is -0.477 e. The van der Waals surface area contributed by atoms with Crippen molar-refractivity contribution in [1.82, 2.24) is 0 Å². The molecule has 2 aromatic rings. The van der Waals surface area contributed by atoms with Crippen LogP contribution < -0.4 is 11.2 Å². The molecule has 0 atom stereocenters. The van der Waals surface area contributed by atoms with Crippen molar-refractivity contribution in [2.24, 2.45) is 0 Å². The Bertz CT molecular complexity index is 685. The minimum absolute atomic E-state index is 0.236. The molecule has 0 aliphatic heterocycles. The van der Waals surface area contributed by atoms with Crippen LogP contribution in [0.25, 0.3) is 11.0 Å². The number of carboxylic acids is 1. The van der Waals surface area contributed by atoms with Crippen LogP contribution in [0.1, 0.15) is 21.5 Å². The maximum absolute atomic E-state index is 11.9. The van der Waals surface area contributed by atoms with Gasteiger partial charge in [0.05, 0.1) is 5.39 Å². The van der Waals surface area contributed by atoms with Gasteiger partial charge in [-0.1, -0.05) is 0 Å². The second kappa shape index (κ2) is 3.62. The van der Waals surface area contributed by atoms with E-state index in [2.05, 4.69) is 0 Å². The molecule has 0 bridgehead atoms. The molecule has 0 fully saturated rings. The van der Waals surface area contributed by atoms with Gasteiger partial charge >= 0.3 is 5.97 Å². The van der Waals surface area contributed by atoms with Crippen molar-refractivity contribution in [3.8, 4) is 0 Å². The molecule has 0 unspecified atom stereocenters. The van der Waals surface area contributed by atoms with Crippen LogP contribution >= 0.6 is 0 Å². The number of nitrogen functional groups attached to an aromatic ring is 1. The van der Waals surface area contributed by atoms with Crippen molar-refractivity contribution in [3.05, 3.63) is 39.0 Å². The molecule has 0 saturated carbocycles. The summed E-state index contributed by atoms with van der Waals surface area (Å²) in [7, 11) is 0. The number of anilines is 1. The average molecular weight is 233 g/mol. The normalized spacial score (nSPS) is 10.7. The Morgan fingerprint density at radius 1 is 1.29 bits per heavy atom. The lowest BCUT2D eigenvalue weighted by Crippen LogP contribution is -2.17. The van der Waals surface area contributed by atoms with Crippen LogP contribution in [0, 0.1) is 13.8 Å². The highest BCUT2D eigenvalue weighted by Crippen LogP contribution is 2.21. The van der Waals surface area contributed by atoms with Crippen molar-refractivity contribution < 1.29 is 14.3 Å². The maximum Gasteiger partial charge on any atom is 0.345 e. The highest BCUT2D eigenvalue weighted by Gasteiger charge is 2.18. The fourth-order valence-corrected chi connectivity index (χ4v) is 1.67. The van der Waals surface area contributed by atoms with Gasteiger partial charge in [0.15, 0.2) is 5.56 Å². The highest BCUT2D eigenvalue weighted by molar-refractivity contribution is 5.96. The molecule has 0 aliphatic rings. The first-order valence-electron chi connectivity index (χ1n) is 4.98. The first kappa shape index (κ1) is 11.2. The topological polar surface area (TPSA) is 93.5 Å². The van der Waals surface area contributed by atoms with Crippen LogP contribution in [0.5, 0.6) is 0 Å². The predicted molar refractivity (Wildman–Crippen MR) is 63.3 cm³/mol. The molecule has 0 spiro atoms. The molecule has 17 heavy (non-hydrogen) atoms. The number of fused-ring (bicyclic) bond motifs is 1. The van der Waals surface area contributed by atoms with Gasteiger partial charge in [-0.3, -0.25) is 4.79 Å². The highest BCUT2D eigenvalue weighted by atomic mass is 16.4.